The summed E-state index contributed by atoms with van der Waals surface area (Å²) in [7, 11) is 0. The van der Waals surface area contributed by atoms with E-state index in [2.05, 4.69) is 11.8 Å². The standard InChI is InChI=1S/C9H20N2O/c1-9(10)7-11(8-9)5-3-2-4-6-12/h12H,2-8,10H2,1H3. The zero-order valence-corrected chi connectivity index (χ0v) is 7.92. The molecular formula is C9H20N2O. The number of nitrogens with zero attached hydrogens (tertiary/aromatic N) is 1. The van der Waals surface area contributed by atoms with Crippen molar-refractivity contribution in [3.8, 4) is 0 Å². The normalized spacial score (nSPS) is 22.2. The zero-order valence-electron chi connectivity index (χ0n) is 7.92. The molecule has 12 heavy (non-hydrogen) atoms. The molecule has 0 amide bonds. The number of unbranched alkanes of at least 4 members (excludes halogenated alkanes) is 2. The molecule has 1 aliphatic rings. The molecule has 0 bridgehead atoms. The Morgan fingerprint density at radius 2 is 2.00 bits per heavy atom. The van der Waals surface area contributed by atoms with Crippen molar-refractivity contribution in [3.05, 3.63) is 0 Å². The number of hydrogen-bond donors (Lipinski definition) is 2. The van der Waals surface area contributed by atoms with Gasteiger partial charge in [-0.05, 0) is 32.7 Å². The maximum Gasteiger partial charge on any atom is 0.0431 e. The van der Waals surface area contributed by atoms with Gasteiger partial charge in [0.2, 0.25) is 0 Å². The number of nitrogens with two attached hydrogens (primary N) is 1. The first-order chi connectivity index (χ1) is 5.64. The lowest BCUT2D eigenvalue weighted by Gasteiger charge is -2.45. The van der Waals surface area contributed by atoms with Crippen molar-refractivity contribution in [2.75, 3.05) is 26.2 Å². The summed E-state index contributed by atoms with van der Waals surface area (Å²) in [6.07, 6.45) is 3.26. The van der Waals surface area contributed by atoms with Gasteiger partial charge in [-0.2, -0.15) is 0 Å². The highest BCUT2D eigenvalue weighted by molar-refractivity contribution is 4.95. The van der Waals surface area contributed by atoms with E-state index in [4.69, 9.17) is 10.8 Å². The lowest BCUT2D eigenvalue weighted by Crippen LogP contribution is -2.65. The highest BCUT2D eigenvalue weighted by Gasteiger charge is 2.33. The van der Waals surface area contributed by atoms with Crippen LogP contribution in [0.15, 0.2) is 0 Å². The molecule has 0 aliphatic carbocycles. The summed E-state index contributed by atoms with van der Waals surface area (Å²) >= 11 is 0. The summed E-state index contributed by atoms with van der Waals surface area (Å²) in [6.45, 7) is 5.64. The van der Waals surface area contributed by atoms with E-state index in [1.54, 1.807) is 0 Å². The van der Waals surface area contributed by atoms with Gasteiger partial charge in [0.1, 0.15) is 0 Å². The maximum atomic E-state index is 8.55. The Morgan fingerprint density at radius 3 is 2.50 bits per heavy atom. The van der Waals surface area contributed by atoms with Crippen LogP contribution in [0.25, 0.3) is 0 Å². The molecule has 0 aromatic carbocycles. The highest BCUT2D eigenvalue weighted by Crippen LogP contribution is 2.17. The second-order valence-corrected chi connectivity index (χ2v) is 4.15. The minimum Gasteiger partial charge on any atom is -0.396 e. The number of likely N-dealkylation sites (tertiary alicyclic amines) is 1. The minimum absolute atomic E-state index is 0.0664. The Balaban J connectivity index is 1.90. The molecule has 3 nitrogen and oxygen atoms in total. The van der Waals surface area contributed by atoms with Crippen LogP contribution in [0.1, 0.15) is 26.2 Å². The third-order valence-corrected chi connectivity index (χ3v) is 2.30. The zero-order chi connectivity index (χ0) is 9.03. The van der Waals surface area contributed by atoms with Crippen molar-refractivity contribution < 1.29 is 5.11 Å². The molecule has 1 aliphatic heterocycles. The van der Waals surface area contributed by atoms with Crippen LogP contribution in [-0.4, -0.2) is 41.8 Å². The molecule has 0 spiro atoms. The fourth-order valence-corrected chi connectivity index (χ4v) is 1.76. The highest BCUT2D eigenvalue weighted by atomic mass is 16.2. The van der Waals surface area contributed by atoms with Crippen LogP contribution in [0.3, 0.4) is 0 Å². The average molecular weight is 172 g/mol. The van der Waals surface area contributed by atoms with Gasteiger partial charge < -0.3 is 10.8 Å². The quantitative estimate of drug-likeness (QED) is 0.582. The van der Waals surface area contributed by atoms with E-state index in [9.17, 15) is 0 Å². The Morgan fingerprint density at radius 1 is 1.33 bits per heavy atom. The van der Waals surface area contributed by atoms with Crippen molar-refractivity contribution >= 4 is 0 Å². The van der Waals surface area contributed by atoms with Gasteiger partial charge in [0.25, 0.3) is 0 Å². The van der Waals surface area contributed by atoms with Gasteiger partial charge in [-0.3, -0.25) is 4.90 Å². The van der Waals surface area contributed by atoms with E-state index >= 15 is 0 Å². The molecule has 0 radical (unpaired) electrons. The predicted octanol–water partition coefficient (Wildman–Crippen LogP) is 0.182. The second-order valence-electron chi connectivity index (χ2n) is 4.15. The third-order valence-electron chi connectivity index (χ3n) is 2.30. The maximum absolute atomic E-state index is 8.55. The van der Waals surface area contributed by atoms with Gasteiger partial charge in [-0.25, -0.2) is 0 Å². The summed E-state index contributed by atoms with van der Waals surface area (Å²) in [5.74, 6) is 0. The molecule has 3 N–H and O–H groups in total. The Labute approximate surface area is 74.5 Å². The van der Waals surface area contributed by atoms with Gasteiger partial charge >= 0.3 is 0 Å². The Hall–Kier alpha value is -0.120. The molecule has 0 saturated carbocycles. The second kappa shape index (κ2) is 4.21. The van der Waals surface area contributed by atoms with Crippen LogP contribution in [0.4, 0.5) is 0 Å². The minimum atomic E-state index is 0.0664. The molecule has 1 saturated heterocycles. The largest absolute Gasteiger partial charge is 0.396 e. The SMILES string of the molecule is CC1(N)CN(CCCCCO)C1. The fourth-order valence-electron chi connectivity index (χ4n) is 1.76. The van der Waals surface area contributed by atoms with Crippen molar-refractivity contribution in [2.45, 2.75) is 31.7 Å². The summed E-state index contributed by atoms with van der Waals surface area (Å²) < 4.78 is 0. The van der Waals surface area contributed by atoms with Gasteiger partial charge in [0.05, 0.1) is 0 Å². The topological polar surface area (TPSA) is 49.5 Å². The first-order valence-corrected chi connectivity index (χ1v) is 4.76. The number of rotatable bonds is 5. The molecule has 72 valence electrons. The van der Waals surface area contributed by atoms with E-state index in [0.717, 1.165) is 32.5 Å². The molecular weight excluding hydrogens is 152 g/mol. The van der Waals surface area contributed by atoms with E-state index < -0.39 is 0 Å². The lowest BCUT2D eigenvalue weighted by atomic mass is 9.93. The first-order valence-electron chi connectivity index (χ1n) is 4.76. The van der Waals surface area contributed by atoms with Crippen LogP contribution >= 0.6 is 0 Å². The van der Waals surface area contributed by atoms with E-state index in [0.29, 0.717) is 6.61 Å². The van der Waals surface area contributed by atoms with Crippen molar-refractivity contribution in [1.29, 1.82) is 0 Å². The third kappa shape index (κ3) is 3.09. The predicted molar refractivity (Wildman–Crippen MR) is 50.0 cm³/mol. The molecule has 0 atom stereocenters. The molecule has 1 rings (SSSR count). The van der Waals surface area contributed by atoms with Gasteiger partial charge in [0.15, 0.2) is 0 Å². The Kier molecular flexibility index (Phi) is 3.50. The van der Waals surface area contributed by atoms with Crippen LogP contribution in [0.5, 0.6) is 0 Å². The van der Waals surface area contributed by atoms with E-state index in [1.165, 1.54) is 6.42 Å². The smallest absolute Gasteiger partial charge is 0.0431 e. The van der Waals surface area contributed by atoms with Gasteiger partial charge in [0, 0.05) is 25.2 Å². The van der Waals surface area contributed by atoms with Crippen molar-refractivity contribution in [3.63, 3.8) is 0 Å². The van der Waals surface area contributed by atoms with Crippen LogP contribution < -0.4 is 5.73 Å². The summed E-state index contributed by atoms with van der Waals surface area (Å²) in [5.41, 5.74) is 5.93. The fraction of sp³-hybridized carbons (Fsp3) is 1.00. The summed E-state index contributed by atoms with van der Waals surface area (Å²) in [6, 6.07) is 0. The Bertz CT molecular complexity index is 128. The van der Waals surface area contributed by atoms with Crippen LogP contribution in [0.2, 0.25) is 0 Å². The summed E-state index contributed by atoms with van der Waals surface area (Å²) in [4.78, 5) is 2.37. The van der Waals surface area contributed by atoms with Crippen molar-refractivity contribution in [1.82, 2.24) is 4.90 Å². The number of aliphatic hydroxyl groups excluding tert-OH is 1. The van der Waals surface area contributed by atoms with Gasteiger partial charge in [-0.15, -0.1) is 0 Å². The molecule has 0 aromatic rings. The van der Waals surface area contributed by atoms with Crippen LogP contribution in [0, 0.1) is 0 Å². The van der Waals surface area contributed by atoms with Gasteiger partial charge in [-0.1, -0.05) is 0 Å². The molecule has 0 unspecified atom stereocenters. The number of hydrogen-bond acceptors (Lipinski definition) is 3. The summed E-state index contributed by atoms with van der Waals surface area (Å²) in [5, 5.41) is 8.55. The average Bonchev–Trinajstić information content (AvgIpc) is 1.94. The lowest BCUT2D eigenvalue weighted by molar-refractivity contribution is 0.0817. The molecule has 3 heteroatoms. The monoisotopic (exact) mass is 172 g/mol. The molecule has 0 aromatic heterocycles. The molecule has 1 heterocycles. The van der Waals surface area contributed by atoms with E-state index in [-0.39, 0.29) is 5.54 Å². The van der Waals surface area contributed by atoms with E-state index in [1.807, 2.05) is 0 Å². The molecule has 1 fully saturated rings. The van der Waals surface area contributed by atoms with Crippen LogP contribution in [-0.2, 0) is 0 Å². The first kappa shape index (κ1) is 9.96. The number of aliphatic hydroxyl groups is 1. The van der Waals surface area contributed by atoms with Crippen molar-refractivity contribution in [2.24, 2.45) is 5.73 Å².